The van der Waals surface area contributed by atoms with Gasteiger partial charge in [-0.25, -0.2) is 4.39 Å². The van der Waals surface area contributed by atoms with E-state index in [0.717, 1.165) is 6.07 Å². The molecule has 0 aliphatic rings. The Kier molecular flexibility index (Phi) is 5.76. The number of rotatable bonds is 6. The van der Waals surface area contributed by atoms with Gasteiger partial charge in [-0.05, 0) is 37.3 Å². The van der Waals surface area contributed by atoms with E-state index in [1.165, 1.54) is 44.4 Å². The zero-order chi connectivity index (χ0) is 18.6. The van der Waals surface area contributed by atoms with Crippen LogP contribution in [0.3, 0.4) is 0 Å². The third kappa shape index (κ3) is 4.57. The lowest BCUT2D eigenvalue weighted by Crippen LogP contribution is -2.30. The summed E-state index contributed by atoms with van der Waals surface area (Å²) in [5, 5.41) is 13.6. The maximum Gasteiger partial charge on any atom is 0.314 e. The molecule has 0 unspecified atom stereocenters. The highest BCUT2D eigenvalue weighted by Crippen LogP contribution is 2.32. The molecule has 0 fully saturated rings. The summed E-state index contributed by atoms with van der Waals surface area (Å²) in [4.78, 5) is 22.6. The quantitative estimate of drug-likeness (QED) is 0.618. The lowest BCUT2D eigenvalue weighted by atomic mass is 10.2. The molecule has 0 saturated carbocycles. The van der Waals surface area contributed by atoms with Crippen molar-refractivity contribution in [1.82, 2.24) is 0 Å². The monoisotopic (exact) mass is 368 g/mol. The summed E-state index contributed by atoms with van der Waals surface area (Å²) in [5.41, 5.74) is -0.425. The first kappa shape index (κ1) is 18.5. The molecule has 9 heteroatoms. The number of carbonyl (C=O) groups excluding carboxylic acids is 1. The summed E-state index contributed by atoms with van der Waals surface area (Å²) in [5.74, 6) is -1.21. The molecule has 25 heavy (non-hydrogen) atoms. The predicted octanol–water partition coefficient (Wildman–Crippen LogP) is 3.80. The summed E-state index contributed by atoms with van der Waals surface area (Å²) in [6.45, 7) is 1.39. The van der Waals surface area contributed by atoms with E-state index in [9.17, 15) is 19.3 Å². The number of nitro benzene ring substituents is 1. The average Bonchev–Trinajstić information content (AvgIpc) is 2.57. The standard InChI is InChI=1S/C16H14ClFN2O5/c1-9(16(21)19-13-5-3-10(17)7-12(13)18)25-15-6-4-11(24-2)8-14(15)20(22)23/h3-9H,1-2H3,(H,19,21)/t9-/m0/s1. The first-order valence-corrected chi connectivity index (χ1v) is 7.44. The van der Waals surface area contributed by atoms with E-state index in [0.29, 0.717) is 0 Å². The average molecular weight is 369 g/mol. The minimum absolute atomic E-state index is 0.0749. The predicted molar refractivity (Wildman–Crippen MR) is 89.8 cm³/mol. The van der Waals surface area contributed by atoms with E-state index in [2.05, 4.69) is 5.32 Å². The Morgan fingerprint density at radius 3 is 2.64 bits per heavy atom. The molecule has 0 aromatic heterocycles. The molecule has 0 saturated heterocycles. The van der Waals surface area contributed by atoms with E-state index >= 15 is 0 Å². The number of ether oxygens (including phenoxy) is 2. The Bertz CT molecular complexity index is 815. The van der Waals surface area contributed by atoms with E-state index in [4.69, 9.17) is 21.1 Å². The molecule has 0 spiro atoms. The number of hydrogen-bond donors (Lipinski definition) is 1. The van der Waals surface area contributed by atoms with Gasteiger partial charge in [0.2, 0.25) is 0 Å². The first-order chi connectivity index (χ1) is 11.8. The van der Waals surface area contributed by atoms with Crippen molar-refractivity contribution in [1.29, 1.82) is 0 Å². The molecule has 2 rings (SSSR count). The molecule has 1 atom stereocenters. The van der Waals surface area contributed by atoms with Gasteiger partial charge in [0.1, 0.15) is 11.6 Å². The van der Waals surface area contributed by atoms with Crippen molar-refractivity contribution >= 4 is 28.9 Å². The van der Waals surface area contributed by atoms with E-state index in [-0.39, 0.29) is 27.9 Å². The molecule has 2 aromatic carbocycles. The van der Waals surface area contributed by atoms with Crippen LogP contribution in [0.25, 0.3) is 0 Å². The van der Waals surface area contributed by atoms with E-state index in [1.807, 2.05) is 0 Å². The minimum Gasteiger partial charge on any atom is -0.496 e. The highest BCUT2D eigenvalue weighted by Gasteiger charge is 2.22. The lowest BCUT2D eigenvalue weighted by molar-refractivity contribution is -0.386. The van der Waals surface area contributed by atoms with Crippen molar-refractivity contribution < 1.29 is 23.6 Å². The van der Waals surface area contributed by atoms with Gasteiger partial charge in [0.05, 0.1) is 23.8 Å². The van der Waals surface area contributed by atoms with Gasteiger partial charge >= 0.3 is 5.69 Å². The normalized spacial score (nSPS) is 11.5. The number of halogens is 2. The van der Waals surface area contributed by atoms with Crippen LogP contribution < -0.4 is 14.8 Å². The van der Waals surface area contributed by atoms with Gasteiger partial charge in [0.25, 0.3) is 5.91 Å². The van der Waals surface area contributed by atoms with Crippen LogP contribution in [0, 0.1) is 15.9 Å². The Balaban J connectivity index is 2.14. The van der Waals surface area contributed by atoms with E-state index in [1.54, 1.807) is 0 Å². The Hall–Kier alpha value is -2.87. The van der Waals surface area contributed by atoms with Crippen LogP contribution in [0.15, 0.2) is 36.4 Å². The van der Waals surface area contributed by atoms with Crippen molar-refractivity contribution in [3.63, 3.8) is 0 Å². The fraction of sp³-hybridized carbons (Fsp3) is 0.188. The van der Waals surface area contributed by atoms with Crippen LogP contribution in [0.5, 0.6) is 11.5 Å². The molecular weight excluding hydrogens is 355 g/mol. The summed E-state index contributed by atoms with van der Waals surface area (Å²) in [7, 11) is 1.37. The van der Waals surface area contributed by atoms with Crippen LogP contribution in [0.4, 0.5) is 15.8 Å². The second-order valence-corrected chi connectivity index (χ2v) is 5.40. The number of carbonyl (C=O) groups is 1. The Morgan fingerprint density at radius 1 is 1.32 bits per heavy atom. The molecular formula is C16H14ClFN2O5. The highest BCUT2D eigenvalue weighted by molar-refractivity contribution is 6.30. The topological polar surface area (TPSA) is 90.7 Å². The second kappa shape index (κ2) is 7.80. The molecule has 132 valence electrons. The smallest absolute Gasteiger partial charge is 0.314 e. The summed E-state index contributed by atoms with van der Waals surface area (Å²) < 4.78 is 24.0. The third-order valence-corrected chi connectivity index (χ3v) is 3.46. The molecule has 2 aromatic rings. The number of methoxy groups -OCH3 is 1. The zero-order valence-electron chi connectivity index (χ0n) is 13.3. The molecule has 1 amide bonds. The van der Waals surface area contributed by atoms with Crippen molar-refractivity contribution in [3.05, 3.63) is 57.4 Å². The number of anilines is 1. The lowest BCUT2D eigenvalue weighted by Gasteiger charge is -2.15. The van der Waals surface area contributed by atoms with Gasteiger partial charge in [-0.2, -0.15) is 0 Å². The van der Waals surface area contributed by atoms with Crippen LogP contribution in [0.1, 0.15) is 6.92 Å². The van der Waals surface area contributed by atoms with Gasteiger partial charge in [0.15, 0.2) is 11.9 Å². The van der Waals surface area contributed by atoms with Crippen LogP contribution in [-0.4, -0.2) is 24.0 Å². The summed E-state index contributed by atoms with van der Waals surface area (Å²) >= 11 is 5.64. The van der Waals surface area contributed by atoms with Gasteiger partial charge in [-0.1, -0.05) is 11.6 Å². The SMILES string of the molecule is COc1ccc(O[C@@H](C)C(=O)Nc2ccc(Cl)cc2F)c([N+](=O)[O-])c1. The van der Waals surface area contributed by atoms with E-state index < -0.39 is 22.8 Å². The van der Waals surface area contributed by atoms with Crippen LogP contribution in [0.2, 0.25) is 5.02 Å². The number of hydrogen-bond acceptors (Lipinski definition) is 5. The molecule has 0 bridgehead atoms. The molecule has 0 radical (unpaired) electrons. The first-order valence-electron chi connectivity index (χ1n) is 7.07. The number of benzene rings is 2. The molecule has 0 aliphatic heterocycles. The molecule has 0 heterocycles. The van der Waals surface area contributed by atoms with Crippen molar-refractivity contribution in [2.45, 2.75) is 13.0 Å². The molecule has 7 nitrogen and oxygen atoms in total. The number of nitro groups is 1. The maximum absolute atomic E-state index is 13.7. The van der Waals surface area contributed by atoms with Crippen LogP contribution in [-0.2, 0) is 4.79 Å². The largest absolute Gasteiger partial charge is 0.496 e. The van der Waals surface area contributed by atoms with Gasteiger partial charge in [0, 0.05) is 5.02 Å². The maximum atomic E-state index is 13.7. The highest BCUT2D eigenvalue weighted by atomic mass is 35.5. The summed E-state index contributed by atoms with van der Waals surface area (Å²) in [6, 6.07) is 7.74. The second-order valence-electron chi connectivity index (χ2n) is 4.96. The third-order valence-electron chi connectivity index (χ3n) is 3.22. The van der Waals surface area contributed by atoms with Gasteiger partial charge in [-0.15, -0.1) is 0 Å². The number of nitrogens with one attached hydrogen (secondary N) is 1. The number of amides is 1. The van der Waals surface area contributed by atoms with Crippen LogP contribution >= 0.6 is 11.6 Å². The Morgan fingerprint density at radius 2 is 2.04 bits per heavy atom. The van der Waals surface area contributed by atoms with Crippen molar-refractivity contribution in [2.24, 2.45) is 0 Å². The molecule has 0 aliphatic carbocycles. The molecule has 1 N–H and O–H groups in total. The fourth-order valence-electron chi connectivity index (χ4n) is 1.94. The fourth-order valence-corrected chi connectivity index (χ4v) is 2.09. The number of nitrogens with zero attached hydrogens (tertiary/aromatic N) is 1. The van der Waals surface area contributed by atoms with Gasteiger partial charge in [-0.3, -0.25) is 14.9 Å². The summed E-state index contributed by atoms with van der Waals surface area (Å²) in [6.07, 6.45) is -1.11. The minimum atomic E-state index is -1.11. The van der Waals surface area contributed by atoms with Crippen molar-refractivity contribution in [3.8, 4) is 11.5 Å². The zero-order valence-corrected chi connectivity index (χ0v) is 14.0. The Labute approximate surface area is 147 Å². The van der Waals surface area contributed by atoms with Crippen molar-refractivity contribution in [2.75, 3.05) is 12.4 Å². The van der Waals surface area contributed by atoms with Gasteiger partial charge < -0.3 is 14.8 Å².